The number of carboxylic acid groups (broad SMARTS) is 1. The first-order chi connectivity index (χ1) is 18.5. The lowest BCUT2D eigenvalue weighted by Crippen LogP contribution is -2.52. The van der Waals surface area contributed by atoms with Crippen LogP contribution in [0.25, 0.3) is 0 Å². The van der Waals surface area contributed by atoms with E-state index in [0.29, 0.717) is 30.7 Å². The second-order valence-electron chi connectivity index (χ2n) is 11.8. The van der Waals surface area contributed by atoms with E-state index in [9.17, 15) is 24.3 Å². The van der Waals surface area contributed by atoms with Crippen molar-refractivity contribution in [2.24, 2.45) is 17.6 Å². The van der Waals surface area contributed by atoms with Crippen molar-refractivity contribution in [3.05, 3.63) is 23.8 Å². The van der Waals surface area contributed by atoms with Crippen LogP contribution in [0.4, 0.5) is 4.79 Å². The number of nitrogens with two attached hydrogens (primary N) is 1. The molecular formula is C30H47NO9. The molecule has 0 heterocycles. The Labute approximate surface area is 237 Å². The first kappa shape index (κ1) is 34.9. The molecule has 0 saturated heterocycles. The lowest BCUT2D eigenvalue weighted by Gasteiger charge is -2.29. The number of hydrogen-bond acceptors (Lipinski definition) is 9. The quantitative estimate of drug-likeness (QED) is 0.185. The number of carboxylic acids is 1. The van der Waals surface area contributed by atoms with Crippen molar-refractivity contribution in [1.29, 1.82) is 0 Å². The minimum absolute atomic E-state index is 0.00608. The van der Waals surface area contributed by atoms with E-state index in [4.69, 9.17) is 24.7 Å². The van der Waals surface area contributed by atoms with Crippen molar-refractivity contribution >= 4 is 24.1 Å². The lowest BCUT2D eigenvalue weighted by molar-refractivity contribution is -0.145. The number of aliphatic carboxylic acids is 1. The van der Waals surface area contributed by atoms with Crippen LogP contribution in [-0.4, -0.2) is 46.4 Å². The Morgan fingerprint density at radius 1 is 0.900 bits per heavy atom. The summed E-state index contributed by atoms with van der Waals surface area (Å²) in [6.45, 7) is 14.8. The first-order valence-electron chi connectivity index (χ1n) is 13.9. The molecule has 0 spiro atoms. The van der Waals surface area contributed by atoms with Gasteiger partial charge in [0.25, 0.3) is 0 Å². The maximum atomic E-state index is 12.5. The van der Waals surface area contributed by atoms with Gasteiger partial charge in [0.2, 0.25) is 0 Å². The molecule has 1 rings (SSSR count). The number of benzene rings is 1. The van der Waals surface area contributed by atoms with Crippen LogP contribution in [-0.2, 0) is 30.3 Å². The SMILES string of the molecule is CCC(C)(C)OC(=O)O[C@@H](C)CC(N)(Cc1ccc(OC(=O)CCC(C)C)c(OC(=O)CCC(C)C)c1)C(=O)O. The van der Waals surface area contributed by atoms with Gasteiger partial charge in [-0.2, -0.15) is 0 Å². The van der Waals surface area contributed by atoms with Crippen molar-refractivity contribution < 1.29 is 43.2 Å². The van der Waals surface area contributed by atoms with Crippen molar-refractivity contribution in [2.75, 3.05) is 0 Å². The van der Waals surface area contributed by atoms with E-state index in [1.54, 1.807) is 19.9 Å². The highest BCUT2D eigenvalue weighted by Crippen LogP contribution is 2.32. The van der Waals surface area contributed by atoms with Gasteiger partial charge in [0, 0.05) is 25.7 Å². The summed E-state index contributed by atoms with van der Waals surface area (Å²) < 4.78 is 21.6. The molecule has 1 unspecified atom stereocenters. The Morgan fingerprint density at radius 3 is 1.90 bits per heavy atom. The maximum Gasteiger partial charge on any atom is 0.509 e. The fourth-order valence-electron chi connectivity index (χ4n) is 3.63. The summed E-state index contributed by atoms with van der Waals surface area (Å²) in [4.78, 5) is 49.3. The van der Waals surface area contributed by atoms with Gasteiger partial charge in [-0.1, -0.05) is 40.7 Å². The Hall–Kier alpha value is -3.14. The molecule has 0 aromatic heterocycles. The monoisotopic (exact) mass is 565 g/mol. The predicted octanol–water partition coefficient (Wildman–Crippen LogP) is 5.81. The average Bonchev–Trinajstić information content (AvgIpc) is 2.82. The zero-order valence-corrected chi connectivity index (χ0v) is 25.2. The molecule has 2 atom stereocenters. The maximum absolute atomic E-state index is 12.5. The molecule has 1 aromatic rings. The van der Waals surface area contributed by atoms with Gasteiger partial charge in [0.05, 0.1) is 0 Å². The van der Waals surface area contributed by atoms with Gasteiger partial charge in [0.1, 0.15) is 17.2 Å². The Bertz CT molecular complexity index is 1020. The highest BCUT2D eigenvalue weighted by molar-refractivity contribution is 5.79. The largest absolute Gasteiger partial charge is 0.509 e. The average molecular weight is 566 g/mol. The molecule has 0 aliphatic rings. The number of ether oxygens (including phenoxy) is 4. The van der Waals surface area contributed by atoms with Crippen LogP contribution in [0.3, 0.4) is 0 Å². The zero-order chi connectivity index (χ0) is 30.7. The van der Waals surface area contributed by atoms with Gasteiger partial charge in [0.15, 0.2) is 11.5 Å². The molecule has 0 fully saturated rings. The highest BCUT2D eigenvalue weighted by atomic mass is 16.7. The third-order valence-electron chi connectivity index (χ3n) is 6.41. The molecule has 0 amide bonds. The fraction of sp³-hybridized carbons (Fsp3) is 0.667. The number of rotatable bonds is 16. The molecule has 10 nitrogen and oxygen atoms in total. The van der Waals surface area contributed by atoms with E-state index in [1.165, 1.54) is 19.1 Å². The predicted molar refractivity (Wildman–Crippen MR) is 150 cm³/mol. The van der Waals surface area contributed by atoms with Crippen LogP contribution in [0.5, 0.6) is 11.5 Å². The zero-order valence-electron chi connectivity index (χ0n) is 25.2. The van der Waals surface area contributed by atoms with Crippen LogP contribution < -0.4 is 15.2 Å². The molecule has 0 aliphatic heterocycles. The molecule has 0 radical (unpaired) electrons. The van der Waals surface area contributed by atoms with Gasteiger partial charge in [-0.15, -0.1) is 0 Å². The summed E-state index contributed by atoms with van der Waals surface area (Å²) in [5.41, 5.74) is 4.17. The number of esters is 2. The van der Waals surface area contributed by atoms with Crippen molar-refractivity contribution in [3.8, 4) is 11.5 Å². The molecule has 0 aliphatic carbocycles. The van der Waals surface area contributed by atoms with Gasteiger partial charge >= 0.3 is 24.1 Å². The number of carbonyl (C=O) groups excluding carboxylic acids is 3. The minimum atomic E-state index is -1.83. The summed E-state index contributed by atoms with van der Waals surface area (Å²) in [5, 5.41) is 9.96. The molecule has 226 valence electrons. The van der Waals surface area contributed by atoms with Crippen LogP contribution in [0.2, 0.25) is 0 Å². The van der Waals surface area contributed by atoms with Crippen molar-refractivity contribution in [2.45, 2.75) is 118 Å². The Morgan fingerprint density at radius 2 is 1.43 bits per heavy atom. The lowest BCUT2D eigenvalue weighted by atomic mass is 9.86. The summed E-state index contributed by atoms with van der Waals surface area (Å²) in [5.74, 6) is -1.61. The van der Waals surface area contributed by atoms with E-state index >= 15 is 0 Å². The second kappa shape index (κ2) is 15.6. The van der Waals surface area contributed by atoms with Gasteiger partial charge < -0.3 is 29.8 Å². The third-order valence-corrected chi connectivity index (χ3v) is 6.41. The van der Waals surface area contributed by atoms with E-state index < -0.39 is 41.3 Å². The second-order valence-corrected chi connectivity index (χ2v) is 11.8. The summed E-state index contributed by atoms with van der Waals surface area (Å²) in [7, 11) is 0. The molecule has 0 saturated carbocycles. The highest BCUT2D eigenvalue weighted by Gasteiger charge is 2.38. The van der Waals surface area contributed by atoms with Crippen molar-refractivity contribution in [1.82, 2.24) is 0 Å². The Kier molecular flexibility index (Phi) is 13.6. The molecular weight excluding hydrogens is 518 g/mol. The number of carbonyl (C=O) groups is 4. The van der Waals surface area contributed by atoms with E-state index in [1.807, 2.05) is 34.6 Å². The standard InChI is InChI=1S/C30H47NO9/c1-9-29(7,8)40-28(36)37-21(6)17-30(31,27(34)35)18-22-12-13-23(38-25(32)14-10-19(2)3)24(16-22)39-26(33)15-11-20(4)5/h12-13,16,19-21H,9-11,14-15,17-18,31H2,1-8H3,(H,34,35)/t21-,30?/m0/s1. The third kappa shape index (κ3) is 12.8. The smallest absolute Gasteiger partial charge is 0.480 e. The molecule has 3 N–H and O–H groups in total. The van der Waals surface area contributed by atoms with Crippen LogP contribution in [0.15, 0.2) is 18.2 Å². The first-order valence-corrected chi connectivity index (χ1v) is 13.9. The van der Waals surface area contributed by atoms with Crippen LogP contribution in [0, 0.1) is 11.8 Å². The van der Waals surface area contributed by atoms with E-state index in [0.717, 1.165) is 0 Å². The topological polar surface area (TPSA) is 151 Å². The van der Waals surface area contributed by atoms with E-state index in [-0.39, 0.29) is 43.1 Å². The van der Waals surface area contributed by atoms with Crippen molar-refractivity contribution in [3.63, 3.8) is 0 Å². The fourth-order valence-corrected chi connectivity index (χ4v) is 3.63. The summed E-state index contributed by atoms with van der Waals surface area (Å²) in [6.07, 6.45) is 0.0191. The number of hydrogen-bond donors (Lipinski definition) is 2. The van der Waals surface area contributed by atoms with Gasteiger partial charge in [-0.3, -0.25) is 14.4 Å². The molecule has 10 heteroatoms. The minimum Gasteiger partial charge on any atom is -0.480 e. The van der Waals surface area contributed by atoms with Gasteiger partial charge in [-0.25, -0.2) is 4.79 Å². The van der Waals surface area contributed by atoms with Crippen LogP contribution in [0.1, 0.15) is 99.5 Å². The summed E-state index contributed by atoms with van der Waals surface area (Å²) >= 11 is 0. The van der Waals surface area contributed by atoms with E-state index in [2.05, 4.69) is 0 Å². The molecule has 40 heavy (non-hydrogen) atoms. The Balaban J connectivity index is 3.15. The molecule has 1 aromatic carbocycles. The van der Waals surface area contributed by atoms with Crippen LogP contribution >= 0.6 is 0 Å². The van der Waals surface area contributed by atoms with Gasteiger partial charge in [-0.05, 0) is 69.6 Å². The normalized spacial score (nSPS) is 13.9. The summed E-state index contributed by atoms with van der Waals surface area (Å²) in [6, 6.07) is 4.47. The molecule has 0 bridgehead atoms.